The smallest absolute Gasteiger partial charge is 0.301 e. The predicted octanol–water partition coefficient (Wildman–Crippen LogP) is 2.85. The molecule has 1 amide bonds. The summed E-state index contributed by atoms with van der Waals surface area (Å²) in [6.45, 7) is 1.60. The third-order valence-electron chi connectivity index (χ3n) is 3.51. The average molecular weight is 477 g/mol. The van der Waals surface area contributed by atoms with Crippen molar-refractivity contribution in [1.29, 1.82) is 0 Å². The molecule has 1 N–H and O–H groups in total. The highest BCUT2D eigenvalue weighted by Crippen LogP contribution is 2.37. The Hall–Kier alpha value is -1.99. The Bertz CT molecular complexity index is 991. The number of anilines is 1. The van der Waals surface area contributed by atoms with E-state index in [1.165, 1.54) is 0 Å². The second-order valence-electron chi connectivity index (χ2n) is 5.83. The standard InChI is InChI=1S/C15H15ClF4N3O4S2/c1-2-23(11(24)3-4-29(26,27)8-15(18,19)20)14-12(16)21-13(28-14)9-5-10(17)7-22(25)6-9/h5-7,25H,2-4,8H2,1H3/q+1. The number of thiazole rings is 1. The van der Waals surface area contributed by atoms with Crippen molar-refractivity contribution in [2.45, 2.75) is 19.5 Å². The molecular formula is C15H15ClF4N3O4S2+. The number of carbonyl (C=O) groups is 1. The molecule has 7 nitrogen and oxygen atoms in total. The number of hydrogen-bond acceptors (Lipinski definition) is 6. The summed E-state index contributed by atoms with van der Waals surface area (Å²) in [5.74, 6) is -4.49. The zero-order valence-corrected chi connectivity index (χ0v) is 17.2. The van der Waals surface area contributed by atoms with Gasteiger partial charge in [0, 0.05) is 17.7 Å². The molecule has 0 unspecified atom stereocenters. The summed E-state index contributed by atoms with van der Waals surface area (Å²) in [7, 11) is -4.51. The molecule has 0 saturated heterocycles. The lowest BCUT2D eigenvalue weighted by Crippen LogP contribution is -2.33. The van der Waals surface area contributed by atoms with E-state index in [1.54, 1.807) is 6.92 Å². The summed E-state index contributed by atoms with van der Waals surface area (Å²) in [6, 6.07) is 1.08. The van der Waals surface area contributed by atoms with Gasteiger partial charge >= 0.3 is 6.18 Å². The number of alkyl halides is 3. The molecule has 2 rings (SSSR count). The van der Waals surface area contributed by atoms with Crippen LogP contribution in [0.4, 0.5) is 22.6 Å². The van der Waals surface area contributed by atoms with Gasteiger partial charge in [0.05, 0.1) is 11.3 Å². The third-order valence-corrected chi connectivity index (χ3v) is 6.61. The molecule has 2 heterocycles. The number of nitrogens with zero attached hydrogens (tertiary/aromatic N) is 3. The number of carbonyl (C=O) groups excluding carboxylic acids is 1. The Morgan fingerprint density at radius 1 is 1.38 bits per heavy atom. The first kappa shape index (κ1) is 23.3. The van der Waals surface area contributed by atoms with Gasteiger partial charge in [0.15, 0.2) is 20.8 Å². The summed E-state index contributed by atoms with van der Waals surface area (Å²) in [5, 5.41) is 9.58. The summed E-state index contributed by atoms with van der Waals surface area (Å²) in [6.07, 6.45) is -3.60. The molecule has 0 radical (unpaired) electrons. The third kappa shape index (κ3) is 6.51. The topological polar surface area (TPSA) is 91.5 Å². The van der Waals surface area contributed by atoms with Crippen LogP contribution in [-0.4, -0.2) is 48.7 Å². The Labute approximate surface area is 172 Å². The molecule has 0 aliphatic rings. The highest BCUT2D eigenvalue weighted by atomic mass is 35.5. The van der Waals surface area contributed by atoms with Crippen molar-refractivity contribution in [3.63, 3.8) is 0 Å². The van der Waals surface area contributed by atoms with Gasteiger partial charge < -0.3 is 4.90 Å². The molecular weight excluding hydrogens is 462 g/mol. The Morgan fingerprint density at radius 2 is 2.03 bits per heavy atom. The van der Waals surface area contributed by atoms with E-state index in [1.807, 2.05) is 0 Å². The molecule has 0 saturated carbocycles. The monoisotopic (exact) mass is 476 g/mol. The van der Waals surface area contributed by atoms with Crippen molar-refractivity contribution in [1.82, 2.24) is 4.98 Å². The second kappa shape index (κ2) is 8.79. The van der Waals surface area contributed by atoms with E-state index in [2.05, 4.69) is 4.98 Å². The Kier molecular flexibility index (Phi) is 7.06. The van der Waals surface area contributed by atoms with Crippen LogP contribution in [-0.2, 0) is 14.6 Å². The number of halogens is 5. The van der Waals surface area contributed by atoms with Crippen molar-refractivity contribution in [2.24, 2.45) is 0 Å². The fourth-order valence-electron chi connectivity index (χ4n) is 2.36. The lowest BCUT2D eigenvalue weighted by atomic mass is 10.3. The molecule has 0 atom stereocenters. The van der Waals surface area contributed by atoms with Crippen LogP contribution in [0.3, 0.4) is 0 Å². The fraction of sp³-hybridized carbons (Fsp3) is 0.400. The van der Waals surface area contributed by atoms with Crippen molar-refractivity contribution < 1.29 is 40.7 Å². The number of sulfone groups is 1. The number of amides is 1. The van der Waals surface area contributed by atoms with Crippen LogP contribution >= 0.6 is 22.9 Å². The fourth-order valence-corrected chi connectivity index (χ4v) is 4.86. The first-order valence-corrected chi connectivity index (χ1v) is 11.0. The van der Waals surface area contributed by atoms with E-state index in [9.17, 15) is 36.0 Å². The zero-order chi connectivity index (χ0) is 22.0. The van der Waals surface area contributed by atoms with Crippen molar-refractivity contribution in [2.75, 3.05) is 23.0 Å². The number of rotatable bonds is 7. The molecule has 0 spiro atoms. The molecule has 0 aromatic carbocycles. The van der Waals surface area contributed by atoms with Gasteiger partial charge in [0.2, 0.25) is 12.1 Å². The SMILES string of the molecule is CCN(C(=O)CCS(=O)(=O)CC(F)(F)F)c1sc(-c2cc(F)c[n+](O)c2)nc1Cl. The maximum absolute atomic E-state index is 13.5. The molecule has 2 aromatic rings. The van der Waals surface area contributed by atoms with Gasteiger partial charge in [-0.3, -0.25) is 10.0 Å². The van der Waals surface area contributed by atoms with Crippen LogP contribution in [0.25, 0.3) is 10.6 Å². The Morgan fingerprint density at radius 3 is 2.59 bits per heavy atom. The molecule has 160 valence electrons. The quantitative estimate of drug-likeness (QED) is 0.377. The minimum absolute atomic E-state index is 0.0443. The van der Waals surface area contributed by atoms with E-state index in [0.29, 0.717) is 4.73 Å². The summed E-state index contributed by atoms with van der Waals surface area (Å²) >= 11 is 6.92. The first-order valence-electron chi connectivity index (χ1n) is 7.96. The Balaban J connectivity index is 2.21. The van der Waals surface area contributed by atoms with Crippen molar-refractivity contribution in [3.05, 3.63) is 29.4 Å². The van der Waals surface area contributed by atoms with Crippen LogP contribution in [0, 0.1) is 5.82 Å². The maximum atomic E-state index is 13.5. The highest BCUT2D eigenvalue weighted by Gasteiger charge is 2.35. The van der Waals surface area contributed by atoms with Gasteiger partial charge in [0.1, 0.15) is 15.8 Å². The number of aromatic nitrogens is 2. The van der Waals surface area contributed by atoms with Gasteiger partial charge in [0.25, 0.3) is 6.20 Å². The van der Waals surface area contributed by atoms with Crippen LogP contribution < -0.4 is 9.63 Å². The minimum atomic E-state index is -4.89. The molecule has 29 heavy (non-hydrogen) atoms. The van der Waals surface area contributed by atoms with Crippen LogP contribution in [0.5, 0.6) is 0 Å². The van der Waals surface area contributed by atoms with E-state index >= 15 is 0 Å². The maximum Gasteiger partial charge on any atom is 0.402 e. The van der Waals surface area contributed by atoms with Gasteiger partial charge in [-0.2, -0.15) is 13.2 Å². The van der Waals surface area contributed by atoms with Crippen molar-refractivity contribution in [3.8, 4) is 10.6 Å². The zero-order valence-electron chi connectivity index (χ0n) is 14.8. The van der Waals surface area contributed by atoms with E-state index in [0.717, 1.165) is 34.7 Å². The van der Waals surface area contributed by atoms with Crippen molar-refractivity contribution >= 4 is 43.7 Å². The van der Waals surface area contributed by atoms with Crippen LogP contribution in [0.15, 0.2) is 18.5 Å². The van der Waals surface area contributed by atoms with Gasteiger partial charge in [-0.05, 0) is 13.0 Å². The van der Waals surface area contributed by atoms with E-state index in [4.69, 9.17) is 11.6 Å². The predicted molar refractivity (Wildman–Crippen MR) is 97.3 cm³/mol. The molecule has 0 aliphatic carbocycles. The normalized spacial score (nSPS) is 12.2. The van der Waals surface area contributed by atoms with Crippen LogP contribution in [0.2, 0.25) is 5.15 Å². The number of hydrogen-bond donors (Lipinski definition) is 1. The van der Waals surface area contributed by atoms with E-state index in [-0.39, 0.29) is 27.3 Å². The molecule has 0 bridgehead atoms. The van der Waals surface area contributed by atoms with Gasteiger partial charge in [-0.15, -0.1) is 0 Å². The van der Waals surface area contributed by atoms with E-state index < -0.39 is 45.7 Å². The highest BCUT2D eigenvalue weighted by molar-refractivity contribution is 7.91. The lowest BCUT2D eigenvalue weighted by Gasteiger charge is -2.19. The van der Waals surface area contributed by atoms with Crippen LogP contribution in [0.1, 0.15) is 13.3 Å². The van der Waals surface area contributed by atoms with Gasteiger partial charge in [-0.25, -0.2) is 17.8 Å². The average Bonchev–Trinajstić information content (AvgIpc) is 2.93. The molecule has 2 aromatic heterocycles. The van der Waals surface area contributed by atoms with Gasteiger partial charge in [-0.1, -0.05) is 22.9 Å². The molecule has 14 heteroatoms. The lowest BCUT2D eigenvalue weighted by molar-refractivity contribution is -0.905. The summed E-state index contributed by atoms with van der Waals surface area (Å²) in [4.78, 5) is 17.5. The first-order chi connectivity index (χ1) is 13.3. The minimum Gasteiger partial charge on any atom is -0.301 e. The summed E-state index contributed by atoms with van der Waals surface area (Å²) < 4.78 is 73.9. The molecule has 0 fully saturated rings. The summed E-state index contributed by atoms with van der Waals surface area (Å²) in [5.41, 5.74) is 0.168. The number of pyridine rings is 1. The molecule has 0 aliphatic heterocycles. The second-order valence-corrected chi connectivity index (χ2v) is 9.35. The largest absolute Gasteiger partial charge is 0.402 e.